The van der Waals surface area contributed by atoms with Crippen LogP contribution in [0.3, 0.4) is 0 Å². The van der Waals surface area contributed by atoms with E-state index in [4.69, 9.17) is 9.47 Å². The Labute approximate surface area is 136 Å². The quantitative estimate of drug-likeness (QED) is 0.588. The molecule has 0 heterocycles. The number of ether oxygens (including phenoxy) is 2. The highest BCUT2D eigenvalue weighted by molar-refractivity contribution is 5.93. The molecule has 0 saturated heterocycles. The molecule has 0 aromatic heterocycles. The fourth-order valence-electron chi connectivity index (χ4n) is 2.07. The van der Waals surface area contributed by atoms with E-state index in [0.717, 1.165) is 16.9 Å². The molecular weight excluding hydrogens is 288 g/mol. The van der Waals surface area contributed by atoms with Gasteiger partial charge in [0.15, 0.2) is 0 Å². The van der Waals surface area contributed by atoms with Crippen LogP contribution < -0.4 is 4.74 Å². The Morgan fingerprint density at radius 3 is 2.48 bits per heavy atom. The highest BCUT2D eigenvalue weighted by Crippen LogP contribution is 2.21. The van der Waals surface area contributed by atoms with Gasteiger partial charge in [-0.1, -0.05) is 54.6 Å². The summed E-state index contributed by atoms with van der Waals surface area (Å²) >= 11 is 0. The molecule has 0 aliphatic rings. The fraction of sp³-hybridized carbons (Fsp3) is 0.150. The lowest BCUT2D eigenvalue weighted by atomic mass is 10.1. The maximum atomic E-state index is 11.5. The third kappa shape index (κ3) is 5.15. The Morgan fingerprint density at radius 2 is 1.74 bits per heavy atom. The number of hydrogen-bond acceptors (Lipinski definition) is 3. The van der Waals surface area contributed by atoms with Crippen LogP contribution >= 0.6 is 0 Å². The second kappa shape index (κ2) is 8.59. The molecule has 0 amide bonds. The first-order valence-electron chi connectivity index (χ1n) is 7.40. The first-order valence-corrected chi connectivity index (χ1v) is 7.40. The number of esters is 1. The highest BCUT2D eigenvalue weighted by Gasteiger charge is 2.06. The Morgan fingerprint density at radius 1 is 1.04 bits per heavy atom. The number of hydrogen-bond donors (Lipinski definition) is 0. The fourth-order valence-corrected chi connectivity index (χ4v) is 2.07. The van der Waals surface area contributed by atoms with Crippen LogP contribution in [-0.4, -0.2) is 19.7 Å². The first-order chi connectivity index (χ1) is 11.2. The molecule has 2 rings (SSSR count). The van der Waals surface area contributed by atoms with Crippen LogP contribution in [0.5, 0.6) is 5.75 Å². The van der Waals surface area contributed by atoms with Crippen molar-refractivity contribution < 1.29 is 14.3 Å². The summed E-state index contributed by atoms with van der Waals surface area (Å²) in [7, 11) is 1.37. The van der Waals surface area contributed by atoms with Gasteiger partial charge in [-0.2, -0.15) is 0 Å². The molecule has 0 aliphatic heterocycles. The summed E-state index contributed by atoms with van der Waals surface area (Å²) in [6.45, 7) is 2.18. The summed E-state index contributed by atoms with van der Waals surface area (Å²) in [5.41, 5.74) is 2.51. The second-order valence-corrected chi connectivity index (χ2v) is 4.98. The molecule has 2 aromatic carbocycles. The average molecular weight is 308 g/mol. The van der Waals surface area contributed by atoms with Gasteiger partial charge in [0.25, 0.3) is 0 Å². The summed E-state index contributed by atoms with van der Waals surface area (Å²) < 4.78 is 10.5. The minimum atomic E-state index is -0.344. The van der Waals surface area contributed by atoms with E-state index in [1.165, 1.54) is 7.11 Å². The predicted octanol–water partition coefficient (Wildman–Crippen LogP) is 4.36. The molecule has 0 spiro atoms. The zero-order valence-electron chi connectivity index (χ0n) is 13.4. The monoisotopic (exact) mass is 308 g/mol. The van der Waals surface area contributed by atoms with E-state index in [9.17, 15) is 4.79 Å². The van der Waals surface area contributed by atoms with Gasteiger partial charge in [-0.15, -0.1) is 0 Å². The third-order valence-electron chi connectivity index (χ3n) is 3.24. The van der Waals surface area contributed by atoms with Crippen molar-refractivity contribution in [1.82, 2.24) is 0 Å². The number of para-hydroxylation sites is 1. The number of benzene rings is 2. The van der Waals surface area contributed by atoms with Crippen LogP contribution in [0.15, 0.2) is 66.2 Å². The maximum absolute atomic E-state index is 11.5. The molecule has 118 valence electrons. The first kappa shape index (κ1) is 16.6. The van der Waals surface area contributed by atoms with Crippen molar-refractivity contribution >= 4 is 18.1 Å². The van der Waals surface area contributed by atoms with Gasteiger partial charge in [-0.25, -0.2) is 4.79 Å². The second-order valence-electron chi connectivity index (χ2n) is 4.98. The standard InChI is InChI=1S/C20H20O3/c1-16(20(21)22-2)15-18-12-6-7-13-19(18)23-14-8-11-17-9-4-3-5-10-17/h3-13,15H,14H2,1-2H3/b11-8+,16-15+. The minimum Gasteiger partial charge on any atom is -0.489 e. The summed E-state index contributed by atoms with van der Waals surface area (Å²) in [6.07, 6.45) is 5.74. The molecule has 0 radical (unpaired) electrons. The van der Waals surface area contributed by atoms with Crippen LogP contribution in [0, 0.1) is 0 Å². The molecule has 0 atom stereocenters. The smallest absolute Gasteiger partial charge is 0.333 e. The molecule has 23 heavy (non-hydrogen) atoms. The Bertz CT molecular complexity index is 700. The van der Waals surface area contributed by atoms with Gasteiger partial charge in [-0.05, 0) is 30.7 Å². The SMILES string of the molecule is COC(=O)/C(C)=C/c1ccccc1OC/C=C/c1ccccc1. The van der Waals surface area contributed by atoms with Crippen LogP contribution in [0.1, 0.15) is 18.1 Å². The molecule has 0 bridgehead atoms. The molecule has 0 saturated carbocycles. The van der Waals surface area contributed by atoms with Gasteiger partial charge in [0, 0.05) is 11.1 Å². The lowest BCUT2D eigenvalue weighted by Crippen LogP contribution is -2.01. The van der Waals surface area contributed by atoms with Gasteiger partial charge < -0.3 is 9.47 Å². The van der Waals surface area contributed by atoms with Crippen LogP contribution in [0.4, 0.5) is 0 Å². The van der Waals surface area contributed by atoms with Gasteiger partial charge in [0.2, 0.25) is 0 Å². The largest absolute Gasteiger partial charge is 0.489 e. The van der Waals surface area contributed by atoms with Crippen molar-refractivity contribution in [2.24, 2.45) is 0 Å². The Hall–Kier alpha value is -2.81. The molecule has 3 heteroatoms. The average Bonchev–Trinajstić information content (AvgIpc) is 2.60. The van der Waals surface area contributed by atoms with E-state index in [-0.39, 0.29) is 5.97 Å². The van der Waals surface area contributed by atoms with E-state index >= 15 is 0 Å². The Balaban J connectivity index is 2.03. The van der Waals surface area contributed by atoms with Crippen LogP contribution in [0.25, 0.3) is 12.2 Å². The molecule has 0 aliphatic carbocycles. The molecule has 3 nitrogen and oxygen atoms in total. The molecule has 0 unspecified atom stereocenters. The van der Waals surface area contributed by atoms with Crippen molar-refractivity contribution in [3.63, 3.8) is 0 Å². The zero-order chi connectivity index (χ0) is 16.5. The summed E-state index contributed by atoms with van der Waals surface area (Å²) in [4.78, 5) is 11.5. The number of carbonyl (C=O) groups excluding carboxylic acids is 1. The normalized spacial score (nSPS) is 11.5. The summed E-state index contributed by atoms with van der Waals surface area (Å²) in [6, 6.07) is 17.6. The van der Waals surface area contributed by atoms with E-state index < -0.39 is 0 Å². The van der Waals surface area contributed by atoms with Crippen LogP contribution in [0.2, 0.25) is 0 Å². The predicted molar refractivity (Wildman–Crippen MR) is 93.1 cm³/mol. The third-order valence-corrected chi connectivity index (χ3v) is 3.24. The van der Waals surface area contributed by atoms with Crippen molar-refractivity contribution in [2.45, 2.75) is 6.92 Å². The van der Waals surface area contributed by atoms with E-state index in [1.807, 2.05) is 66.7 Å². The van der Waals surface area contributed by atoms with Crippen molar-refractivity contribution in [1.29, 1.82) is 0 Å². The molecule has 0 N–H and O–H groups in total. The molecular formula is C20H20O3. The van der Waals surface area contributed by atoms with E-state index in [2.05, 4.69) is 0 Å². The van der Waals surface area contributed by atoms with E-state index in [0.29, 0.717) is 12.2 Å². The summed E-state index contributed by atoms with van der Waals surface area (Å²) in [5.74, 6) is 0.386. The molecule has 2 aromatic rings. The van der Waals surface area contributed by atoms with Gasteiger partial charge in [0.05, 0.1) is 7.11 Å². The number of rotatable bonds is 6. The van der Waals surface area contributed by atoms with Crippen molar-refractivity contribution in [3.8, 4) is 5.75 Å². The van der Waals surface area contributed by atoms with Gasteiger partial charge >= 0.3 is 5.97 Å². The topological polar surface area (TPSA) is 35.5 Å². The van der Waals surface area contributed by atoms with Crippen molar-refractivity contribution in [2.75, 3.05) is 13.7 Å². The molecule has 0 fully saturated rings. The van der Waals surface area contributed by atoms with Crippen molar-refractivity contribution in [3.05, 3.63) is 77.4 Å². The number of methoxy groups -OCH3 is 1. The highest BCUT2D eigenvalue weighted by atomic mass is 16.5. The zero-order valence-corrected chi connectivity index (χ0v) is 13.4. The number of carbonyl (C=O) groups is 1. The Kier molecular flexibility index (Phi) is 6.18. The van der Waals surface area contributed by atoms with Gasteiger partial charge in [-0.3, -0.25) is 0 Å². The maximum Gasteiger partial charge on any atom is 0.333 e. The lowest BCUT2D eigenvalue weighted by molar-refractivity contribution is -0.135. The van der Waals surface area contributed by atoms with Gasteiger partial charge in [0.1, 0.15) is 12.4 Å². The minimum absolute atomic E-state index is 0.344. The lowest BCUT2D eigenvalue weighted by Gasteiger charge is -2.08. The summed E-state index contributed by atoms with van der Waals surface area (Å²) in [5, 5.41) is 0. The van der Waals surface area contributed by atoms with Crippen LogP contribution in [-0.2, 0) is 9.53 Å². The van der Waals surface area contributed by atoms with E-state index in [1.54, 1.807) is 13.0 Å².